The molecule has 0 aliphatic rings. The molecule has 7 heteroatoms. The maximum atomic E-state index is 11.7. The summed E-state index contributed by atoms with van der Waals surface area (Å²) >= 11 is 0. The molecule has 0 radical (unpaired) electrons. The number of nitrogens with zero attached hydrogens (tertiary/aromatic N) is 2. The predicted molar refractivity (Wildman–Crippen MR) is 76.3 cm³/mol. The van der Waals surface area contributed by atoms with Crippen molar-refractivity contribution in [3.05, 3.63) is 69.8 Å². The number of carbonyl (C=O) groups is 1. The molecule has 0 unspecified atom stereocenters. The molecule has 21 heavy (non-hydrogen) atoms. The average Bonchev–Trinajstić information content (AvgIpc) is 2.47. The number of amides is 1. The van der Waals surface area contributed by atoms with E-state index in [9.17, 15) is 20.0 Å². The Morgan fingerprint density at radius 2 is 1.95 bits per heavy atom. The van der Waals surface area contributed by atoms with Crippen molar-refractivity contribution in [2.24, 2.45) is 5.10 Å². The number of nitro groups is 1. The van der Waals surface area contributed by atoms with Crippen molar-refractivity contribution < 1.29 is 14.8 Å². The minimum absolute atomic E-state index is 0.0120. The van der Waals surface area contributed by atoms with E-state index in [-0.39, 0.29) is 17.0 Å². The second-order valence-corrected chi connectivity index (χ2v) is 4.10. The van der Waals surface area contributed by atoms with Gasteiger partial charge in [-0.05, 0) is 35.9 Å². The third-order valence-electron chi connectivity index (χ3n) is 2.59. The number of aromatic hydroxyl groups is 1. The predicted octanol–water partition coefficient (Wildman–Crippen LogP) is 2.06. The molecule has 0 fully saturated rings. The molecule has 2 N–H and O–H groups in total. The van der Waals surface area contributed by atoms with E-state index in [1.165, 1.54) is 48.7 Å². The summed E-state index contributed by atoms with van der Waals surface area (Å²) < 4.78 is 0. The summed E-state index contributed by atoms with van der Waals surface area (Å²) in [6.45, 7) is 0. The SMILES string of the molecule is O=C(NN=Cc1ccc([N+](=O)[O-])cc1)c1cccc(O)c1. The van der Waals surface area contributed by atoms with Crippen LogP contribution in [0.5, 0.6) is 5.75 Å². The molecule has 7 nitrogen and oxygen atoms in total. The van der Waals surface area contributed by atoms with Gasteiger partial charge >= 0.3 is 0 Å². The fraction of sp³-hybridized carbons (Fsp3) is 0. The van der Waals surface area contributed by atoms with Crippen molar-refractivity contribution in [2.45, 2.75) is 0 Å². The van der Waals surface area contributed by atoms with E-state index >= 15 is 0 Å². The van der Waals surface area contributed by atoms with E-state index in [0.717, 1.165) is 0 Å². The highest BCUT2D eigenvalue weighted by atomic mass is 16.6. The van der Waals surface area contributed by atoms with Crippen LogP contribution in [0.25, 0.3) is 0 Å². The minimum atomic E-state index is -0.495. The van der Waals surface area contributed by atoms with Crippen molar-refractivity contribution in [3.63, 3.8) is 0 Å². The summed E-state index contributed by atoms with van der Waals surface area (Å²) in [4.78, 5) is 21.7. The van der Waals surface area contributed by atoms with Crippen LogP contribution in [-0.4, -0.2) is 22.2 Å². The Morgan fingerprint density at radius 1 is 1.24 bits per heavy atom. The molecule has 0 spiro atoms. The van der Waals surface area contributed by atoms with Gasteiger partial charge in [0, 0.05) is 17.7 Å². The number of phenols is 1. The molecule has 2 rings (SSSR count). The maximum absolute atomic E-state index is 11.7. The molecular weight excluding hydrogens is 274 g/mol. The smallest absolute Gasteiger partial charge is 0.271 e. The van der Waals surface area contributed by atoms with Gasteiger partial charge in [0.1, 0.15) is 5.75 Å². The lowest BCUT2D eigenvalue weighted by Crippen LogP contribution is -2.17. The van der Waals surface area contributed by atoms with Crippen LogP contribution < -0.4 is 5.43 Å². The number of nitrogens with one attached hydrogen (secondary N) is 1. The monoisotopic (exact) mass is 285 g/mol. The standard InChI is InChI=1S/C14H11N3O4/c18-13-3-1-2-11(8-13)14(19)16-15-9-10-4-6-12(7-5-10)17(20)21/h1-9,18H,(H,16,19). The van der Waals surface area contributed by atoms with Crippen molar-refractivity contribution in [3.8, 4) is 5.75 Å². The Labute approximate surface area is 119 Å². The average molecular weight is 285 g/mol. The first-order chi connectivity index (χ1) is 10.1. The third-order valence-corrected chi connectivity index (χ3v) is 2.59. The molecule has 0 atom stereocenters. The van der Waals surface area contributed by atoms with E-state index in [2.05, 4.69) is 10.5 Å². The van der Waals surface area contributed by atoms with Crippen molar-refractivity contribution in [1.82, 2.24) is 5.43 Å². The van der Waals surface area contributed by atoms with E-state index in [4.69, 9.17) is 0 Å². The molecular formula is C14H11N3O4. The van der Waals surface area contributed by atoms with Gasteiger partial charge < -0.3 is 5.11 Å². The summed E-state index contributed by atoms with van der Waals surface area (Å²) in [6, 6.07) is 11.6. The van der Waals surface area contributed by atoms with Crippen molar-refractivity contribution in [1.29, 1.82) is 0 Å². The Bertz CT molecular complexity index is 696. The lowest BCUT2D eigenvalue weighted by Gasteiger charge is -2.00. The van der Waals surface area contributed by atoms with Gasteiger partial charge in [-0.15, -0.1) is 0 Å². The van der Waals surface area contributed by atoms with Crippen LogP contribution in [0.3, 0.4) is 0 Å². The summed E-state index contributed by atoms with van der Waals surface area (Å²) in [5, 5.41) is 23.5. The van der Waals surface area contributed by atoms with Gasteiger partial charge in [0.05, 0.1) is 11.1 Å². The minimum Gasteiger partial charge on any atom is -0.508 e. The molecule has 0 bridgehead atoms. The Balaban J connectivity index is 1.99. The number of benzene rings is 2. The normalized spacial score (nSPS) is 10.5. The van der Waals surface area contributed by atoms with Gasteiger partial charge in [0.15, 0.2) is 0 Å². The third kappa shape index (κ3) is 3.87. The van der Waals surface area contributed by atoms with Crippen LogP contribution >= 0.6 is 0 Å². The van der Waals surface area contributed by atoms with E-state index in [1.807, 2.05) is 0 Å². The quantitative estimate of drug-likeness (QED) is 0.509. The first-order valence-corrected chi connectivity index (χ1v) is 5.93. The summed E-state index contributed by atoms with van der Waals surface area (Å²) in [6.07, 6.45) is 1.37. The fourth-order valence-corrected chi connectivity index (χ4v) is 1.56. The summed E-state index contributed by atoms with van der Waals surface area (Å²) in [5.74, 6) is -0.480. The largest absolute Gasteiger partial charge is 0.508 e. The Kier molecular flexibility index (Phi) is 4.25. The zero-order valence-electron chi connectivity index (χ0n) is 10.8. The van der Waals surface area contributed by atoms with Gasteiger partial charge in [-0.3, -0.25) is 14.9 Å². The fourth-order valence-electron chi connectivity index (χ4n) is 1.56. The molecule has 0 heterocycles. The second-order valence-electron chi connectivity index (χ2n) is 4.10. The van der Waals surface area contributed by atoms with Gasteiger partial charge in [-0.1, -0.05) is 6.07 Å². The number of non-ortho nitro benzene ring substituents is 1. The summed E-state index contributed by atoms with van der Waals surface area (Å²) in [5.41, 5.74) is 3.16. The van der Waals surface area contributed by atoms with Gasteiger partial charge in [-0.25, -0.2) is 5.43 Å². The number of rotatable bonds is 4. The zero-order chi connectivity index (χ0) is 15.2. The molecule has 106 valence electrons. The second kappa shape index (κ2) is 6.29. The first kappa shape index (κ1) is 14.2. The summed E-state index contributed by atoms with van der Waals surface area (Å²) in [7, 11) is 0. The Morgan fingerprint density at radius 3 is 2.57 bits per heavy atom. The van der Waals surface area contributed by atoms with Crippen LogP contribution in [-0.2, 0) is 0 Å². The molecule has 0 aromatic heterocycles. The first-order valence-electron chi connectivity index (χ1n) is 5.93. The van der Waals surface area contributed by atoms with Crippen LogP contribution in [0.15, 0.2) is 53.6 Å². The zero-order valence-corrected chi connectivity index (χ0v) is 10.8. The van der Waals surface area contributed by atoms with Crippen LogP contribution in [0.1, 0.15) is 15.9 Å². The number of phenolic OH excluding ortho intramolecular Hbond substituents is 1. The topological polar surface area (TPSA) is 105 Å². The van der Waals surface area contributed by atoms with Gasteiger partial charge in [-0.2, -0.15) is 5.10 Å². The molecule has 0 aliphatic carbocycles. The molecule has 2 aromatic rings. The van der Waals surface area contributed by atoms with Crippen LogP contribution in [0.4, 0.5) is 5.69 Å². The van der Waals surface area contributed by atoms with Gasteiger partial charge in [0.25, 0.3) is 11.6 Å². The lowest BCUT2D eigenvalue weighted by molar-refractivity contribution is -0.384. The van der Waals surface area contributed by atoms with E-state index < -0.39 is 10.8 Å². The highest BCUT2D eigenvalue weighted by Crippen LogP contribution is 2.11. The molecule has 2 aromatic carbocycles. The number of carbonyl (C=O) groups excluding carboxylic acids is 1. The number of hydrazone groups is 1. The van der Waals surface area contributed by atoms with Crippen LogP contribution in [0.2, 0.25) is 0 Å². The number of hydrogen-bond donors (Lipinski definition) is 2. The molecule has 1 amide bonds. The molecule has 0 saturated carbocycles. The number of nitro benzene ring substituents is 1. The number of hydrogen-bond acceptors (Lipinski definition) is 5. The van der Waals surface area contributed by atoms with Crippen molar-refractivity contribution in [2.75, 3.05) is 0 Å². The van der Waals surface area contributed by atoms with E-state index in [0.29, 0.717) is 5.56 Å². The molecule has 0 saturated heterocycles. The highest BCUT2D eigenvalue weighted by Gasteiger charge is 2.05. The maximum Gasteiger partial charge on any atom is 0.271 e. The van der Waals surface area contributed by atoms with Gasteiger partial charge in [0.2, 0.25) is 0 Å². The van der Waals surface area contributed by atoms with Crippen LogP contribution in [0, 0.1) is 10.1 Å². The van der Waals surface area contributed by atoms with E-state index in [1.54, 1.807) is 6.07 Å². The molecule has 0 aliphatic heterocycles. The Hall–Kier alpha value is -3.22. The lowest BCUT2D eigenvalue weighted by atomic mass is 10.2. The van der Waals surface area contributed by atoms with Crippen molar-refractivity contribution >= 4 is 17.8 Å². The highest BCUT2D eigenvalue weighted by molar-refractivity contribution is 5.95.